The summed E-state index contributed by atoms with van der Waals surface area (Å²) >= 11 is 0. The largest absolute Gasteiger partial charge is 0.497 e. The summed E-state index contributed by atoms with van der Waals surface area (Å²) < 4.78 is 10.6. The lowest BCUT2D eigenvalue weighted by molar-refractivity contribution is 0.102. The van der Waals surface area contributed by atoms with E-state index in [2.05, 4.69) is 32.7 Å². The molecule has 1 atom stereocenters. The number of benzene rings is 2. The molecule has 0 saturated carbocycles. The highest BCUT2D eigenvalue weighted by Gasteiger charge is 2.22. The predicted octanol–water partition coefficient (Wildman–Crippen LogP) is 3.50. The van der Waals surface area contributed by atoms with E-state index >= 15 is 0 Å². The quantitative estimate of drug-likeness (QED) is 0.638. The topological polar surface area (TPSA) is 75.7 Å². The standard InChI is InChI=1S/C24H26N4O3/c1-30-18-11-12-19(22(15-18)31-2)27-24(29)20-9-6-10-23(26-20)28-14-13-25-21(16-28)17-7-4-3-5-8-17/h3-12,15,21,25H,13-14,16H2,1-2H3,(H,27,29)/t21-/m0/s1. The second-order valence-electron chi connectivity index (χ2n) is 7.26. The first-order chi connectivity index (χ1) is 15.2. The molecule has 0 aliphatic carbocycles. The number of aromatic nitrogens is 1. The van der Waals surface area contributed by atoms with Crippen molar-refractivity contribution in [3.05, 3.63) is 78.0 Å². The molecule has 0 spiro atoms. The SMILES string of the molecule is COc1ccc(NC(=O)c2cccc(N3CCN[C@H](c4ccccc4)C3)n2)c(OC)c1. The average molecular weight is 418 g/mol. The Bertz CT molecular complexity index is 1040. The third-order valence-corrected chi connectivity index (χ3v) is 5.33. The van der Waals surface area contributed by atoms with Crippen LogP contribution < -0.4 is 25.0 Å². The lowest BCUT2D eigenvalue weighted by atomic mass is 10.0. The van der Waals surface area contributed by atoms with Crippen LogP contribution in [0.5, 0.6) is 11.5 Å². The molecule has 1 fully saturated rings. The number of nitrogens with zero attached hydrogens (tertiary/aromatic N) is 2. The number of anilines is 2. The molecule has 1 aliphatic heterocycles. The van der Waals surface area contributed by atoms with Gasteiger partial charge < -0.3 is 25.0 Å². The number of ether oxygens (including phenoxy) is 2. The smallest absolute Gasteiger partial charge is 0.274 e. The zero-order valence-electron chi connectivity index (χ0n) is 17.7. The minimum absolute atomic E-state index is 0.220. The average Bonchev–Trinajstić information content (AvgIpc) is 2.85. The fourth-order valence-corrected chi connectivity index (χ4v) is 3.68. The van der Waals surface area contributed by atoms with E-state index in [9.17, 15) is 4.79 Å². The van der Waals surface area contributed by atoms with Crippen LogP contribution in [0.15, 0.2) is 66.7 Å². The van der Waals surface area contributed by atoms with Crippen molar-refractivity contribution >= 4 is 17.4 Å². The van der Waals surface area contributed by atoms with Crippen LogP contribution in [0.1, 0.15) is 22.1 Å². The Morgan fingerprint density at radius 1 is 1.06 bits per heavy atom. The van der Waals surface area contributed by atoms with Gasteiger partial charge in [0.2, 0.25) is 0 Å². The number of nitrogens with one attached hydrogen (secondary N) is 2. The van der Waals surface area contributed by atoms with Gasteiger partial charge >= 0.3 is 0 Å². The van der Waals surface area contributed by atoms with Gasteiger partial charge in [0.05, 0.1) is 19.9 Å². The van der Waals surface area contributed by atoms with Crippen molar-refractivity contribution in [2.24, 2.45) is 0 Å². The Hall–Kier alpha value is -3.58. The van der Waals surface area contributed by atoms with Gasteiger partial charge in [-0.3, -0.25) is 4.79 Å². The number of pyridine rings is 1. The highest BCUT2D eigenvalue weighted by Crippen LogP contribution is 2.29. The summed E-state index contributed by atoms with van der Waals surface area (Å²) in [7, 11) is 3.14. The van der Waals surface area contributed by atoms with Gasteiger partial charge in [0, 0.05) is 31.7 Å². The monoisotopic (exact) mass is 418 g/mol. The van der Waals surface area contributed by atoms with E-state index < -0.39 is 0 Å². The summed E-state index contributed by atoms with van der Waals surface area (Å²) in [6.45, 7) is 2.46. The molecule has 1 aromatic heterocycles. The molecule has 2 heterocycles. The summed E-state index contributed by atoms with van der Waals surface area (Å²) in [5.74, 6) is 1.68. The first-order valence-electron chi connectivity index (χ1n) is 10.2. The van der Waals surface area contributed by atoms with Crippen LogP contribution >= 0.6 is 0 Å². The van der Waals surface area contributed by atoms with Crippen molar-refractivity contribution in [3.8, 4) is 11.5 Å². The number of amides is 1. The summed E-state index contributed by atoms with van der Waals surface area (Å²) in [5, 5.41) is 6.44. The molecule has 160 valence electrons. The number of carbonyl (C=O) groups is 1. The van der Waals surface area contributed by atoms with Crippen LogP contribution in [0.3, 0.4) is 0 Å². The normalized spacial score (nSPS) is 15.9. The molecule has 2 N–H and O–H groups in total. The third kappa shape index (κ3) is 4.78. The van der Waals surface area contributed by atoms with Gasteiger partial charge in [-0.1, -0.05) is 36.4 Å². The Kier molecular flexibility index (Phi) is 6.33. The van der Waals surface area contributed by atoms with E-state index in [-0.39, 0.29) is 11.9 Å². The molecule has 0 bridgehead atoms. The van der Waals surface area contributed by atoms with Crippen molar-refractivity contribution < 1.29 is 14.3 Å². The number of hydrogen-bond acceptors (Lipinski definition) is 6. The van der Waals surface area contributed by atoms with E-state index in [4.69, 9.17) is 9.47 Å². The van der Waals surface area contributed by atoms with Crippen molar-refractivity contribution in [2.75, 3.05) is 44.1 Å². The Morgan fingerprint density at radius 3 is 2.68 bits per heavy atom. The van der Waals surface area contributed by atoms with Gasteiger partial charge in [-0.05, 0) is 29.8 Å². The Morgan fingerprint density at radius 2 is 1.90 bits per heavy atom. The van der Waals surface area contributed by atoms with Gasteiger partial charge in [-0.25, -0.2) is 4.98 Å². The fourth-order valence-electron chi connectivity index (χ4n) is 3.68. The van der Waals surface area contributed by atoms with E-state index in [0.29, 0.717) is 22.9 Å². The summed E-state index contributed by atoms with van der Waals surface area (Å²) in [6.07, 6.45) is 0. The number of hydrogen-bond donors (Lipinski definition) is 2. The minimum Gasteiger partial charge on any atom is -0.497 e. The molecule has 0 radical (unpaired) electrons. The van der Waals surface area contributed by atoms with Gasteiger partial charge in [0.1, 0.15) is 23.0 Å². The predicted molar refractivity (Wildman–Crippen MR) is 121 cm³/mol. The van der Waals surface area contributed by atoms with Gasteiger partial charge in [0.25, 0.3) is 5.91 Å². The first-order valence-corrected chi connectivity index (χ1v) is 10.2. The lowest BCUT2D eigenvalue weighted by Gasteiger charge is -2.35. The van der Waals surface area contributed by atoms with E-state index in [1.165, 1.54) is 5.56 Å². The molecular formula is C24H26N4O3. The van der Waals surface area contributed by atoms with Crippen LogP contribution in [0.25, 0.3) is 0 Å². The maximum Gasteiger partial charge on any atom is 0.274 e. The Labute approximate surface area is 182 Å². The molecule has 2 aromatic carbocycles. The van der Waals surface area contributed by atoms with Crippen molar-refractivity contribution in [1.82, 2.24) is 10.3 Å². The second-order valence-corrected chi connectivity index (χ2v) is 7.26. The van der Waals surface area contributed by atoms with Crippen LogP contribution in [0, 0.1) is 0 Å². The van der Waals surface area contributed by atoms with Crippen molar-refractivity contribution in [3.63, 3.8) is 0 Å². The molecule has 1 amide bonds. The van der Waals surface area contributed by atoms with Crippen molar-refractivity contribution in [1.29, 1.82) is 0 Å². The molecule has 7 nitrogen and oxygen atoms in total. The Balaban J connectivity index is 1.50. The highest BCUT2D eigenvalue weighted by molar-refractivity contribution is 6.04. The van der Waals surface area contributed by atoms with Crippen molar-refractivity contribution in [2.45, 2.75) is 6.04 Å². The van der Waals surface area contributed by atoms with E-state index in [1.807, 2.05) is 30.3 Å². The number of methoxy groups -OCH3 is 2. The van der Waals surface area contributed by atoms with E-state index in [0.717, 1.165) is 25.5 Å². The molecule has 7 heteroatoms. The van der Waals surface area contributed by atoms with Crippen LogP contribution in [0.4, 0.5) is 11.5 Å². The summed E-state index contributed by atoms with van der Waals surface area (Å²) in [4.78, 5) is 19.7. The van der Waals surface area contributed by atoms with Gasteiger partial charge in [-0.15, -0.1) is 0 Å². The van der Waals surface area contributed by atoms with Gasteiger partial charge in [-0.2, -0.15) is 0 Å². The number of carbonyl (C=O) groups excluding carboxylic acids is 1. The number of rotatable bonds is 6. The minimum atomic E-state index is -0.292. The number of piperazine rings is 1. The molecular weight excluding hydrogens is 392 g/mol. The molecule has 3 aromatic rings. The highest BCUT2D eigenvalue weighted by atomic mass is 16.5. The zero-order chi connectivity index (χ0) is 21.6. The summed E-state index contributed by atoms with van der Waals surface area (Å²) in [6, 6.07) is 21.4. The third-order valence-electron chi connectivity index (χ3n) is 5.33. The van der Waals surface area contributed by atoms with Gasteiger partial charge in [0.15, 0.2) is 0 Å². The van der Waals surface area contributed by atoms with Crippen LogP contribution in [0.2, 0.25) is 0 Å². The van der Waals surface area contributed by atoms with E-state index in [1.54, 1.807) is 38.5 Å². The molecule has 31 heavy (non-hydrogen) atoms. The second kappa shape index (κ2) is 9.49. The molecule has 0 unspecified atom stereocenters. The molecule has 4 rings (SSSR count). The van der Waals surface area contributed by atoms with Crippen LogP contribution in [-0.4, -0.2) is 44.7 Å². The summed E-state index contributed by atoms with van der Waals surface area (Å²) in [5.41, 5.74) is 2.16. The maximum atomic E-state index is 12.9. The molecule has 1 aliphatic rings. The molecule has 1 saturated heterocycles. The maximum absolute atomic E-state index is 12.9. The fraction of sp³-hybridized carbons (Fsp3) is 0.250. The zero-order valence-corrected chi connectivity index (χ0v) is 17.7. The lowest BCUT2D eigenvalue weighted by Crippen LogP contribution is -2.46. The van der Waals surface area contributed by atoms with Crippen LogP contribution in [-0.2, 0) is 0 Å². The first kappa shape index (κ1) is 20.7.